The van der Waals surface area contributed by atoms with Gasteiger partial charge in [-0.05, 0) is 5.56 Å². The molecule has 76 valence electrons. The van der Waals surface area contributed by atoms with E-state index in [9.17, 15) is 4.79 Å². The minimum atomic E-state index is -0.335. The molecule has 0 aliphatic carbocycles. The summed E-state index contributed by atoms with van der Waals surface area (Å²) in [5.74, 6) is -0.449. The molecule has 1 aromatic rings. The summed E-state index contributed by atoms with van der Waals surface area (Å²) in [7, 11) is 0. The highest BCUT2D eigenvalue weighted by Crippen LogP contribution is 1.99. The average molecular weight is 193 g/mol. The van der Waals surface area contributed by atoms with Crippen LogP contribution in [0.4, 0.5) is 0 Å². The Balaban J connectivity index is 2.38. The molecule has 0 aromatic heterocycles. The van der Waals surface area contributed by atoms with Crippen molar-refractivity contribution in [3.63, 3.8) is 0 Å². The van der Waals surface area contributed by atoms with Crippen LogP contribution >= 0.6 is 0 Å². The van der Waals surface area contributed by atoms with Crippen molar-refractivity contribution in [2.45, 2.75) is 13.5 Å². The summed E-state index contributed by atoms with van der Waals surface area (Å²) in [5.41, 5.74) is 1.06. The van der Waals surface area contributed by atoms with Gasteiger partial charge >= 0.3 is 0 Å². The summed E-state index contributed by atoms with van der Waals surface area (Å²) in [6.07, 6.45) is 0. The first-order valence-corrected chi connectivity index (χ1v) is 4.66. The Kier molecular flexibility index (Phi) is 4.13. The lowest BCUT2D eigenvalue weighted by molar-refractivity contribution is -0.125. The van der Waals surface area contributed by atoms with Gasteiger partial charge in [0.05, 0.1) is 12.5 Å². The minimum absolute atomic E-state index is 0.110. The predicted octanol–water partition coefficient (Wildman–Crippen LogP) is 0.931. The maximum Gasteiger partial charge on any atom is 0.225 e. The van der Waals surface area contributed by atoms with Gasteiger partial charge in [0.1, 0.15) is 0 Å². The Labute approximate surface area is 83.8 Å². The molecule has 1 amide bonds. The average Bonchev–Trinajstić information content (AvgIpc) is 2.26. The van der Waals surface area contributed by atoms with Crippen molar-refractivity contribution in [1.82, 2.24) is 5.32 Å². The van der Waals surface area contributed by atoms with Crippen molar-refractivity contribution in [3.8, 4) is 0 Å². The van der Waals surface area contributed by atoms with E-state index >= 15 is 0 Å². The van der Waals surface area contributed by atoms with Gasteiger partial charge in [0.15, 0.2) is 0 Å². The van der Waals surface area contributed by atoms with E-state index in [1.807, 2.05) is 30.3 Å². The SMILES string of the molecule is C[C@H](CO)C(=O)NCc1ccccc1. The monoisotopic (exact) mass is 193 g/mol. The quantitative estimate of drug-likeness (QED) is 0.747. The van der Waals surface area contributed by atoms with Crippen LogP contribution in [-0.4, -0.2) is 17.6 Å². The summed E-state index contributed by atoms with van der Waals surface area (Å²) >= 11 is 0. The molecule has 3 heteroatoms. The molecular weight excluding hydrogens is 178 g/mol. The number of aliphatic hydroxyl groups is 1. The standard InChI is InChI=1S/C11H15NO2/c1-9(8-13)11(14)12-7-10-5-3-2-4-6-10/h2-6,9,13H,7-8H2,1H3,(H,12,14)/t9-/m1/s1. The highest BCUT2D eigenvalue weighted by atomic mass is 16.3. The third-order valence-corrected chi connectivity index (χ3v) is 2.03. The Morgan fingerprint density at radius 3 is 2.64 bits per heavy atom. The Hall–Kier alpha value is -1.35. The Morgan fingerprint density at radius 1 is 1.43 bits per heavy atom. The maximum atomic E-state index is 11.3. The number of carbonyl (C=O) groups is 1. The molecule has 14 heavy (non-hydrogen) atoms. The van der Waals surface area contributed by atoms with Crippen LogP contribution in [0.2, 0.25) is 0 Å². The van der Waals surface area contributed by atoms with Crippen molar-refractivity contribution in [2.24, 2.45) is 5.92 Å². The van der Waals surface area contributed by atoms with Gasteiger partial charge in [-0.2, -0.15) is 0 Å². The van der Waals surface area contributed by atoms with Gasteiger partial charge in [0.2, 0.25) is 5.91 Å². The normalized spacial score (nSPS) is 12.1. The van der Waals surface area contributed by atoms with Crippen molar-refractivity contribution in [3.05, 3.63) is 35.9 Å². The first-order chi connectivity index (χ1) is 6.74. The van der Waals surface area contributed by atoms with Crippen LogP contribution < -0.4 is 5.32 Å². The van der Waals surface area contributed by atoms with Gasteiger partial charge in [-0.3, -0.25) is 4.79 Å². The van der Waals surface area contributed by atoms with E-state index in [0.29, 0.717) is 6.54 Å². The van der Waals surface area contributed by atoms with Gasteiger partial charge in [-0.1, -0.05) is 37.3 Å². The van der Waals surface area contributed by atoms with Crippen LogP contribution in [0.25, 0.3) is 0 Å². The fraction of sp³-hybridized carbons (Fsp3) is 0.364. The van der Waals surface area contributed by atoms with Gasteiger partial charge in [-0.15, -0.1) is 0 Å². The van der Waals surface area contributed by atoms with E-state index in [4.69, 9.17) is 5.11 Å². The second kappa shape index (κ2) is 5.40. The number of benzene rings is 1. The van der Waals surface area contributed by atoms with Crippen LogP contribution in [0.3, 0.4) is 0 Å². The van der Waals surface area contributed by atoms with E-state index in [-0.39, 0.29) is 18.4 Å². The molecule has 0 heterocycles. The lowest BCUT2D eigenvalue weighted by Gasteiger charge is -2.09. The molecule has 0 spiro atoms. The van der Waals surface area contributed by atoms with E-state index < -0.39 is 0 Å². The summed E-state index contributed by atoms with van der Waals surface area (Å²) in [4.78, 5) is 11.3. The van der Waals surface area contributed by atoms with E-state index in [0.717, 1.165) is 5.56 Å². The molecule has 0 aliphatic rings. The molecule has 0 bridgehead atoms. The van der Waals surface area contributed by atoms with Gasteiger partial charge in [0.25, 0.3) is 0 Å². The lowest BCUT2D eigenvalue weighted by atomic mass is 10.1. The highest BCUT2D eigenvalue weighted by Gasteiger charge is 2.09. The second-order valence-corrected chi connectivity index (χ2v) is 3.29. The van der Waals surface area contributed by atoms with Gasteiger partial charge in [0, 0.05) is 6.54 Å². The molecule has 1 aromatic carbocycles. The summed E-state index contributed by atoms with van der Waals surface area (Å²) in [6, 6.07) is 9.68. The first kappa shape index (κ1) is 10.7. The van der Waals surface area contributed by atoms with Gasteiger partial charge in [-0.25, -0.2) is 0 Å². The first-order valence-electron chi connectivity index (χ1n) is 4.66. The summed E-state index contributed by atoms with van der Waals surface area (Å²) in [6.45, 7) is 2.10. The lowest BCUT2D eigenvalue weighted by Crippen LogP contribution is -2.30. The van der Waals surface area contributed by atoms with Crippen molar-refractivity contribution < 1.29 is 9.90 Å². The predicted molar refractivity (Wildman–Crippen MR) is 54.5 cm³/mol. The molecule has 1 atom stereocenters. The zero-order valence-corrected chi connectivity index (χ0v) is 8.23. The fourth-order valence-electron chi connectivity index (χ4n) is 1.04. The zero-order chi connectivity index (χ0) is 10.4. The molecular formula is C11H15NO2. The summed E-state index contributed by atoms with van der Waals surface area (Å²) in [5, 5.41) is 11.5. The van der Waals surface area contributed by atoms with Crippen molar-refractivity contribution >= 4 is 5.91 Å². The third-order valence-electron chi connectivity index (χ3n) is 2.03. The number of carbonyl (C=O) groups excluding carboxylic acids is 1. The van der Waals surface area contributed by atoms with Crippen LogP contribution in [0.15, 0.2) is 30.3 Å². The number of amides is 1. The van der Waals surface area contributed by atoms with Crippen molar-refractivity contribution in [1.29, 1.82) is 0 Å². The highest BCUT2D eigenvalue weighted by molar-refractivity contribution is 5.78. The molecule has 0 fully saturated rings. The molecule has 3 nitrogen and oxygen atoms in total. The number of nitrogens with one attached hydrogen (secondary N) is 1. The fourth-order valence-corrected chi connectivity index (χ4v) is 1.04. The zero-order valence-electron chi connectivity index (χ0n) is 8.23. The maximum absolute atomic E-state index is 11.3. The smallest absolute Gasteiger partial charge is 0.225 e. The Bertz CT molecular complexity index is 285. The van der Waals surface area contributed by atoms with E-state index in [2.05, 4.69) is 5.32 Å². The molecule has 0 aliphatic heterocycles. The number of aliphatic hydroxyl groups excluding tert-OH is 1. The Morgan fingerprint density at radius 2 is 2.07 bits per heavy atom. The van der Waals surface area contributed by atoms with E-state index in [1.54, 1.807) is 6.92 Å². The molecule has 1 rings (SSSR count). The molecule has 0 radical (unpaired) electrons. The van der Waals surface area contributed by atoms with Crippen LogP contribution in [0, 0.1) is 5.92 Å². The van der Waals surface area contributed by atoms with Gasteiger partial charge < -0.3 is 10.4 Å². The number of hydrogen-bond donors (Lipinski definition) is 2. The summed E-state index contributed by atoms with van der Waals surface area (Å²) < 4.78 is 0. The molecule has 0 unspecified atom stereocenters. The minimum Gasteiger partial charge on any atom is -0.396 e. The number of hydrogen-bond acceptors (Lipinski definition) is 2. The number of rotatable bonds is 4. The van der Waals surface area contributed by atoms with Crippen LogP contribution in [0.1, 0.15) is 12.5 Å². The van der Waals surface area contributed by atoms with Crippen molar-refractivity contribution in [2.75, 3.05) is 6.61 Å². The topological polar surface area (TPSA) is 49.3 Å². The second-order valence-electron chi connectivity index (χ2n) is 3.29. The van der Waals surface area contributed by atoms with Crippen LogP contribution in [-0.2, 0) is 11.3 Å². The molecule has 0 saturated carbocycles. The third kappa shape index (κ3) is 3.18. The van der Waals surface area contributed by atoms with E-state index in [1.165, 1.54) is 0 Å². The molecule has 2 N–H and O–H groups in total. The molecule has 0 saturated heterocycles. The van der Waals surface area contributed by atoms with Crippen LogP contribution in [0.5, 0.6) is 0 Å². The largest absolute Gasteiger partial charge is 0.396 e.